The summed E-state index contributed by atoms with van der Waals surface area (Å²) in [6.07, 6.45) is 0.472. The first-order valence-corrected chi connectivity index (χ1v) is 5.45. The standard InChI is InChI=1S/C10H10BrClO3/c1-15-9-5-7(11)8(12)4-6(9)2-3-10(13)14/h4-5H,2-3H2,1H3,(H,13,14). The first-order valence-electron chi connectivity index (χ1n) is 4.28. The lowest BCUT2D eigenvalue weighted by Gasteiger charge is -2.09. The Bertz CT molecular complexity index is 379. The molecule has 1 N–H and O–H groups in total. The van der Waals surface area contributed by atoms with Gasteiger partial charge in [0.15, 0.2) is 0 Å². The van der Waals surface area contributed by atoms with Crippen LogP contribution in [-0.2, 0) is 11.2 Å². The van der Waals surface area contributed by atoms with Crippen LogP contribution in [0, 0.1) is 0 Å². The predicted molar refractivity (Wildman–Crippen MR) is 61.7 cm³/mol. The Balaban J connectivity index is 2.94. The van der Waals surface area contributed by atoms with Gasteiger partial charge in [-0.1, -0.05) is 11.6 Å². The Kier molecular flexibility index (Phi) is 4.42. The zero-order valence-electron chi connectivity index (χ0n) is 8.09. The van der Waals surface area contributed by atoms with Crippen LogP contribution in [0.3, 0.4) is 0 Å². The van der Waals surface area contributed by atoms with E-state index in [9.17, 15) is 4.79 Å². The number of rotatable bonds is 4. The molecule has 0 saturated heterocycles. The number of aryl methyl sites for hydroxylation is 1. The van der Waals surface area contributed by atoms with E-state index in [4.69, 9.17) is 21.4 Å². The van der Waals surface area contributed by atoms with Gasteiger partial charge in [0.2, 0.25) is 0 Å². The van der Waals surface area contributed by atoms with Gasteiger partial charge in [-0.15, -0.1) is 0 Å². The highest BCUT2D eigenvalue weighted by Gasteiger charge is 2.09. The van der Waals surface area contributed by atoms with Crippen LogP contribution < -0.4 is 4.74 Å². The second-order valence-electron chi connectivity index (χ2n) is 2.97. The first kappa shape index (κ1) is 12.3. The maximum absolute atomic E-state index is 10.4. The Labute approximate surface area is 101 Å². The molecule has 0 unspecified atom stereocenters. The number of hydrogen-bond acceptors (Lipinski definition) is 2. The molecular formula is C10H10BrClO3. The van der Waals surface area contributed by atoms with Crippen molar-refractivity contribution >= 4 is 33.5 Å². The molecule has 1 aromatic carbocycles. The largest absolute Gasteiger partial charge is 0.496 e. The smallest absolute Gasteiger partial charge is 0.303 e. The molecule has 5 heteroatoms. The molecule has 0 atom stereocenters. The first-order chi connectivity index (χ1) is 7.04. The van der Waals surface area contributed by atoms with Crippen LogP contribution >= 0.6 is 27.5 Å². The molecule has 0 aromatic heterocycles. The van der Waals surface area contributed by atoms with E-state index < -0.39 is 5.97 Å². The molecule has 1 rings (SSSR count). The van der Waals surface area contributed by atoms with Gasteiger partial charge < -0.3 is 9.84 Å². The molecule has 0 aliphatic carbocycles. The van der Waals surface area contributed by atoms with Crippen molar-refractivity contribution in [2.24, 2.45) is 0 Å². The van der Waals surface area contributed by atoms with E-state index in [0.29, 0.717) is 17.2 Å². The zero-order chi connectivity index (χ0) is 11.4. The van der Waals surface area contributed by atoms with Gasteiger partial charge in [-0.25, -0.2) is 0 Å². The summed E-state index contributed by atoms with van der Waals surface area (Å²) in [4.78, 5) is 10.4. The van der Waals surface area contributed by atoms with Crippen molar-refractivity contribution < 1.29 is 14.6 Å². The molecule has 0 aliphatic rings. The average molecular weight is 294 g/mol. The number of halogens is 2. The molecule has 15 heavy (non-hydrogen) atoms. The van der Waals surface area contributed by atoms with E-state index in [2.05, 4.69) is 15.9 Å². The van der Waals surface area contributed by atoms with Gasteiger partial charge in [0, 0.05) is 10.9 Å². The van der Waals surface area contributed by atoms with E-state index in [1.165, 1.54) is 0 Å². The average Bonchev–Trinajstić information content (AvgIpc) is 2.19. The minimum absolute atomic E-state index is 0.0638. The second-order valence-corrected chi connectivity index (χ2v) is 4.23. The monoisotopic (exact) mass is 292 g/mol. The lowest BCUT2D eigenvalue weighted by atomic mass is 10.1. The Morgan fingerprint density at radius 2 is 2.27 bits per heavy atom. The van der Waals surface area contributed by atoms with Crippen LogP contribution in [-0.4, -0.2) is 18.2 Å². The number of methoxy groups -OCH3 is 1. The van der Waals surface area contributed by atoms with Crippen molar-refractivity contribution in [3.05, 3.63) is 27.2 Å². The van der Waals surface area contributed by atoms with E-state index >= 15 is 0 Å². The maximum Gasteiger partial charge on any atom is 0.303 e. The molecule has 0 heterocycles. The van der Waals surface area contributed by atoms with Crippen molar-refractivity contribution in [2.45, 2.75) is 12.8 Å². The molecule has 82 valence electrons. The van der Waals surface area contributed by atoms with E-state index in [1.54, 1.807) is 19.2 Å². The quantitative estimate of drug-likeness (QED) is 0.928. The van der Waals surface area contributed by atoms with Crippen LogP contribution in [0.4, 0.5) is 0 Å². The van der Waals surface area contributed by atoms with Gasteiger partial charge in [-0.3, -0.25) is 4.79 Å². The fraction of sp³-hybridized carbons (Fsp3) is 0.300. The third-order valence-corrected chi connectivity index (χ3v) is 3.13. The molecule has 0 fully saturated rings. The summed E-state index contributed by atoms with van der Waals surface area (Å²) in [5.74, 6) is -0.191. The molecule has 0 radical (unpaired) electrons. The van der Waals surface area contributed by atoms with Crippen LogP contribution in [0.2, 0.25) is 5.02 Å². The third kappa shape index (κ3) is 3.39. The lowest BCUT2D eigenvalue weighted by Crippen LogP contribution is -1.99. The highest BCUT2D eigenvalue weighted by Crippen LogP contribution is 2.31. The van der Waals surface area contributed by atoms with Crippen LogP contribution in [0.15, 0.2) is 16.6 Å². The zero-order valence-corrected chi connectivity index (χ0v) is 10.4. The predicted octanol–water partition coefficient (Wildman–Crippen LogP) is 3.13. The Morgan fingerprint density at radius 1 is 1.60 bits per heavy atom. The van der Waals surface area contributed by atoms with Gasteiger partial charge in [0.25, 0.3) is 0 Å². The molecule has 0 saturated carbocycles. The summed E-state index contributed by atoms with van der Waals surface area (Å²) in [5.41, 5.74) is 0.799. The van der Waals surface area contributed by atoms with Crippen LogP contribution in [0.25, 0.3) is 0 Å². The summed E-state index contributed by atoms with van der Waals surface area (Å²) in [6, 6.07) is 3.45. The summed E-state index contributed by atoms with van der Waals surface area (Å²) in [5, 5.41) is 9.13. The third-order valence-electron chi connectivity index (χ3n) is 1.93. The summed E-state index contributed by atoms with van der Waals surface area (Å²) in [6.45, 7) is 0. The van der Waals surface area contributed by atoms with Gasteiger partial charge in [0.05, 0.1) is 12.1 Å². The van der Waals surface area contributed by atoms with Crippen LogP contribution in [0.1, 0.15) is 12.0 Å². The minimum Gasteiger partial charge on any atom is -0.496 e. The molecule has 0 aliphatic heterocycles. The molecular weight excluding hydrogens is 283 g/mol. The van der Waals surface area contributed by atoms with Crippen molar-refractivity contribution in [2.75, 3.05) is 7.11 Å². The van der Waals surface area contributed by atoms with Gasteiger partial charge in [0.1, 0.15) is 5.75 Å². The van der Waals surface area contributed by atoms with Crippen molar-refractivity contribution in [3.8, 4) is 5.75 Å². The number of aliphatic carboxylic acids is 1. The molecule has 0 spiro atoms. The fourth-order valence-electron chi connectivity index (χ4n) is 1.20. The Hall–Kier alpha value is -0.740. The number of carboxylic acids is 1. The summed E-state index contributed by atoms with van der Waals surface area (Å²) >= 11 is 9.18. The number of hydrogen-bond donors (Lipinski definition) is 1. The molecule has 1 aromatic rings. The topological polar surface area (TPSA) is 46.5 Å². The normalized spacial score (nSPS) is 10.1. The highest BCUT2D eigenvalue weighted by atomic mass is 79.9. The molecule has 0 bridgehead atoms. The second kappa shape index (κ2) is 5.37. The van der Waals surface area contributed by atoms with Gasteiger partial charge in [-0.2, -0.15) is 0 Å². The van der Waals surface area contributed by atoms with Crippen molar-refractivity contribution in [3.63, 3.8) is 0 Å². The maximum atomic E-state index is 10.4. The number of carboxylic acid groups (broad SMARTS) is 1. The number of benzene rings is 1. The van der Waals surface area contributed by atoms with Gasteiger partial charge in [-0.05, 0) is 40.0 Å². The summed E-state index contributed by atoms with van der Waals surface area (Å²) < 4.78 is 5.87. The lowest BCUT2D eigenvalue weighted by molar-refractivity contribution is -0.136. The SMILES string of the molecule is COc1cc(Br)c(Cl)cc1CCC(=O)O. The highest BCUT2D eigenvalue weighted by molar-refractivity contribution is 9.10. The van der Waals surface area contributed by atoms with Crippen LogP contribution in [0.5, 0.6) is 5.75 Å². The molecule has 0 amide bonds. The van der Waals surface area contributed by atoms with Crippen molar-refractivity contribution in [1.29, 1.82) is 0 Å². The fourth-order valence-corrected chi connectivity index (χ4v) is 1.71. The number of carbonyl (C=O) groups is 1. The van der Waals surface area contributed by atoms with E-state index in [-0.39, 0.29) is 6.42 Å². The molecule has 3 nitrogen and oxygen atoms in total. The van der Waals surface area contributed by atoms with E-state index in [1.807, 2.05) is 0 Å². The van der Waals surface area contributed by atoms with E-state index in [0.717, 1.165) is 10.0 Å². The minimum atomic E-state index is -0.837. The number of ether oxygens (including phenoxy) is 1. The Morgan fingerprint density at radius 3 is 2.80 bits per heavy atom. The van der Waals surface area contributed by atoms with Crippen molar-refractivity contribution in [1.82, 2.24) is 0 Å². The van der Waals surface area contributed by atoms with Gasteiger partial charge >= 0.3 is 5.97 Å². The summed E-state index contributed by atoms with van der Waals surface area (Å²) in [7, 11) is 1.54.